The van der Waals surface area contributed by atoms with Crippen molar-refractivity contribution in [1.29, 1.82) is 0 Å². The Kier molecular flexibility index (Phi) is 3.19. The van der Waals surface area contributed by atoms with Gasteiger partial charge in [0.2, 0.25) is 0 Å². The summed E-state index contributed by atoms with van der Waals surface area (Å²) in [5.74, 6) is 0.327. The van der Waals surface area contributed by atoms with Gasteiger partial charge in [-0.25, -0.2) is 0 Å². The lowest BCUT2D eigenvalue weighted by molar-refractivity contribution is 0.720. The van der Waals surface area contributed by atoms with E-state index >= 15 is 0 Å². The topological polar surface area (TPSA) is 12.4 Å². The Morgan fingerprint density at radius 3 is 1.95 bits per heavy atom. The van der Waals surface area contributed by atoms with E-state index in [1.165, 1.54) is 40.8 Å². The van der Waals surface area contributed by atoms with E-state index in [2.05, 4.69) is 60.7 Å². The van der Waals surface area contributed by atoms with Crippen molar-refractivity contribution in [2.45, 2.75) is 25.2 Å². The minimum atomic E-state index is 0.327. The van der Waals surface area contributed by atoms with Crippen LogP contribution < -0.4 is 0 Å². The zero-order valence-corrected chi connectivity index (χ0v) is 12.1. The molecule has 0 amide bonds. The first-order chi connectivity index (χ1) is 10.4. The Labute approximate surface area is 126 Å². The van der Waals surface area contributed by atoms with E-state index in [0.717, 1.165) is 13.0 Å². The monoisotopic (exact) mass is 273 g/mol. The molecule has 1 aliphatic heterocycles. The molecule has 1 aliphatic carbocycles. The Morgan fingerprint density at radius 2 is 1.38 bits per heavy atom. The smallest absolute Gasteiger partial charge is 0.0481 e. The van der Waals surface area contributed by atoms with Crippen LogP contribution in [0.3, 0.4) is 0 Å². The maximum Gasteiger partial charge on any atom is 0.0481 e. The molecule has 0 N–H and O–H groups in total. The third-order valence-corrected chi connectivity index (χ3v) is 4.55. The zero-order chi connectivity index (χ0) is 14.1. The third kappa shape index (κ3) is 2.23. The molecule has 0 fully saturated rings. The fraction of sp³-hybridized carbons (Fsp3) is 0.250. The normalized spacial score (nSPS) is 17.6. The van der Waals surface area contributed by atoms with Gasteiger partial charge in [0, 0.05) is 18.2 Å². The Hall–Kier alpha value is -2.15. The molecule has 21 heavy (non-hydrogen) atoms. The molecule has 0 saturated carbocycles. The summed E-state index contributed by atoms with van der Waals surface area (Å²) in [7, 11) is 0. The molecule has 0 bridgehead atoms. The van der Waals surface area contributed by atoms with Crippen molar-refractivity contribution in [3.05, 3.63) is 70.8 Å². The highest BCUT2D eigenvalue weighted by Gasteiger charge is 2.26. The number of benzene rings is 2. The van der Waals surface area contributed by atoms with Gasteiger partial charge in [0.25, 0.3) is 0 Å². The summed E-state index contributed by atoms with van der Waals surface area (Å²) in [6.45, 7) is 0.990. The van der Waals surface area contributed by atoms with Crippen LogP contribution in [0, 0.1) is 0 Å². The molecule has 0 spiro atoms. The summed E-state index contributed by atoms with van der Waals surface area (Å²) in [6, 6.07) is 17.5. The van der Waals surface area contributed by atoms with Crippen LogP contribution in [0.5, 0.6) is 0 Å². The van der Waals surface area contributed by atoms with E-state index in [9.17, 15) is 0 Å². The standard InChI is InChI=1S/C20H19N/c1-3-9-17-15(7-1)12-13-16-8-2-4-10-18(16)20(17)19-11-5-6-14-21-19/h1-4,7-10,12-13,20H,5-6,11,14H2. The average Bonchev–Trinajstić information content (AvgIpc) is 2.72. The predicted octanol–water partition coefficient (Wildman–Crippen LogP) is 4.93. The first-order valence-electron chi connectivity index (χ1n) is 7.82. The van der Waals surface area contributed by atoms with Crippen LogP contribution in [-0.2, 0) is 0 Å². The summed E-state index contributed by atoms with van der Waals surface area (Å²) in [4.78, 5) is 4.88. The van der Waals surface area contributed by atoms with Crippen LogP contribution >= 0.6 is 0 Å². The molecule has 104 valence electrons. The highest BCUT2D eigenvalue weighted by molar-refractivity contribution is 5.97. The van der Waals surface area contributed by atoms with Crippen LogP contribution in [0.4, 0.5) is 0 Å². The summed E-state index contributed by atoms with van der Waals surface area (Å²) in [6.07, 6.45) is 8.13. The van der Waals surface area contributed by atoms with Gasteiger partial charge in [0.1, 0.15) is 0 Å². The van der Waals surface area contributed by atoms with Crippen LogP contribution in [0.2, 0.25) is 0 Å². The molecular formula is C20H19N. The lowest BCUT2D eigenvalue weighted by Crippen LogP contribution is -2.19. The second-order valence-electron chi connectivity index (χ2n) is 5.85. The number of hydrogen-bond donors (Lipinski definition) is 0. The minimum Gasteiger partial charge on any atom is -0.293 e. The van der Waals surface area contributed by atoms with Crippen molar-refractivity contribution in [1.82, 2.24) is 0 Å². The predicted molar refractivity (Wildman–Crippen MR) is 89.8 cm³/mol. The molecule has 0 unspecified atom stereocenters. The number of aliphatic imine (C=N–C) groups is 1. The van der Waals surface area contributed by atoms with Crippen molar-refractivity contribution >= 4 is 17.9 Å². The van der Waals surface area contributed by atoms with Crippen LogP contribution in [0.1, 0.15) is 47.4 Å². The molecule has 2 aliphatic rings. The van der Waals surface area contributed by atoms with Gasteiger partial charge in [-0.15, -0.1) is 0 Å². The third-order valence-electron chi connectivity index (χ3n) is 4.55. The van der Waals surface area contributed by atoms with Crippen LogP contribution in [0.15, 0.2) is 53.5 Å². The highest BCUT2D eigenvalue weighted by atomic mass is 14.8. The first-order valence-corrected chi connectivity index (χ1v) is 7.82. The summed E-state index contributed by atoms with van der Waals surface area (Å²) < 4.78 is 0. The average molecular weight is 273 g/mol. The zero-order valence-electron chi connectivity index (χ0n) is 12.1. The van der Waals surface area contributed by atoms with Crippen molar-refractivity contribution in [3.8, 4) is 0 Å². The molecule has 0 atom stereocenters. The second-order valence-corrected chi connectivity index (χ2v) is 5.85. The van der Waals surface area contributed by atoms with Gasteiger partial charge in [0.05, 0.1) is 0 Å². The Morgan fingerprint density at radius 1 is 0.762 bits per heavy atom. The molecule has 2 aromatic carbocycles. The lowest BCUT2D eigenvalue weighted by Gasteiger charge is -2.24. The van der Waals surface area contributed by atoms with Gasteiger partial charge >= 0.3 is 0 Å². The van der Waals surface area contributed by atoms with E-state index < -0.39 is 0 Å². The summed E-state index contributed by atoms with van der Waals surface area (Å²) in [5, 5.41) is 0. The SMILES string of the molecule is C1=Cc2ccccc2C(C2=NCCCC2)c2ccccc21. The van der Waals surface area contributed by atoms with Gasteiger partial charge in [-0.1, -0.05) is 60.7 Å². The number of rotatable bonds is 1. The van der Waals surface area contributed by atoms with Crippen LogP contribution in [0.25, 0.3) is 12.2 Å². The van der Waals surface area contributed by atoms with Crippen molar-refractivity contribution in [2.24, 2.45) is 4.99 Å². The number of fused-ring (bicyclic) bond motifs is 2. The molecule has 0 saturated heterocycles. The van der Waals surface area contributed by atoms with Gasteiger partial charge in [-0.2, -0.15) is 0 Å². The van der Waals surface area contributed by atoms with Crippen LogP contribution in [-0.4, -0.2) is 12.3 Å². The fourth-order valence-corrected chi connectivity index (χ4v) is 3.51. The second kappa shape index (κ2) is 5.33. The molecule has 2 aromatic rings. The fourth-order valence-electron chi connectivity index (χ4n) is 3.51. The van der Waals surface area contributed by atoms with E-state index in [1.54, 1.807) is 0 Å². The Balaban J connectivity index is 1.95. The Bertz CT molecular complexity index is 675. The molecule has 0 aromatic heterocycles. The van der Waals surface area contributed by atoms with E-state index in [1.807, 2.05) is 0 Å². The van der Waals surface area contributed by atoms with Crippen molar-refractivity contribution in [2.75, 3.05) is 6.54 Å². The maximum absolute atomic E-state index is 4.88. The molecule has 1 heterocycles. The number of hydrogen-bond acceptors (Lipinski definition) is 1. The van der Waals surface area contributed by atoms with Gasteiger partial charge in [0.15, 0.2) is 0 Å². The summed E-state index contributed by atoms with van der Waals surface area (Å²) >= 11 is 0. The molecule has 4 rings (SSSR count). The largest absolute Gasteiger partial charge is 0.293 e. The van der Waals surface area contributed by atoms with E-state index in [0.29, 0.717) is 5.92 Å². The molecule has 1 nitrogen and oxygen atoms in total. The van der Waals surface area contributed by atoms with E-state index in [4.69, 9.17) is 4.99 Å². The lowest BCUT2D eigenvalue weighted by atomic mass is 9.82. The van der Waals surface area contributed by atoms with Gasteiger partial charge in [-0.05, 0) is 41.5 Å². The first kappa shape index (κ1) is 12.6. The minimum absolute atomic E-state index is 0.327. The summed E-state index contributed by atoms with van der Waals surface area (Å²) in [5.41, 5.74) is 6.82. The molecule has 0 radical (unpaired) electrons. The van der Waals surface area contributed by atoms with Crippen molar-refractivity contribution in [3.63, 3.8) is 0 Å². The highest BCUT2D eigenvalue weighted by Crippen LogP contribution is 2.37. The van der Waals surface area contributed by atoms with Gasteiger partial charge in [-0.3, -0.25) is 4.99 Å². The van der Waals surface area contributed by atoms with Gasteiger partial charge < -0.3 is 0 Å². The van der Waals surface area contributed by atoms with Crippen molar-refractivity contribution < 1.29 is 0 Å². The molecular weight excluding hydrogens is 254 g/mol. The quantitative estimate of drug-likeness (QED) is 0.698. The van der Waals surface area contributed by atoms with E-state index in [-0.39, 0.29) is 0 Å². The maximum atomic E-state index is 4.88. The molecule has 1 heteroatoms. The number of nitrogens with zero attached hydrogens (tertiary/aromatic N) is 1.